The Kier molecular flexibility index (Phi) is 4.06. The van der Waals surface area contributed by atoms with Crippen molar-refractivity contribution >= 4 is 16.8 Å². The van der Waals surface area contributed by atoms with Crippen molar-refractivity contribution in [1.82, 2.24) is 9.88 Å². The molecule has 3 heterocycles. The van der Waals surface area contributed by atoms with E-state index in [-0.39, 0.29) is 11.5 Å². The number of aliphatic hydroxyl groups excluding tert-OH is 1. The highest BCUT2D eigenvalue weighted by Gasteiger charge is 2.44. The molecule has 0 bridgehead atoms. The molecule has 0 radical (unpaired) electrons. The Morgan fingerprint density at radius 2 is 2.08 bits per heavy atom. The van der Waals surface area contributed by atoms with Crippen molar-refractivity contribution in [3.63, 3.8) is 0 Å². The van der Waals surface area contributed by atoms with Crippen LogP contribution in [-0.4, -0.2) is 52.7 Å². The second-order valence-electron chi connectivity index (χ2n) is 7.21. The number of hydrogen-bond donors (Lipinski definition) is 3. The second-order valence-corrected chi connectivity index (χ2v) is 7.21. The number of carbonyl (C=O) groups is 1. The van der Waals surface area contributed by atoms with Gasteiger partial charge in [-0.2, -0.15) is 0 Å². The highest BCUT2D eigenvalue weighted by atomic mass is 16.5. The molecule has 1 aromatic carbocycles. The SMILES string of the molecule is C[C@H](O)[C@@H](N)C(=O)N1CCC2(CC1)OCCc1c2[nH]c2ccccc12. The summed E-state index contributed by atoms with van der Waals surface area (Å²) in [6.07, 6.45) is 1.56. The minimum atomic E-state index is -0.857. The molecule has 1 aromatic heterocycles. The number of para-hydroxylation sites is 1. The zero-order valence-corrected chi connectivity index (χ0v) is 14.5. The van der Waals surface area contributed by atoms with Crippen molar-refractivity contribution in [2.75, 3.05) is 19.7 Å². The lowest BCUT2D eigenvalue weighted by atomic mass is 9.83. The van der Waals surface area contributed by atoms with Crippen LogP contribution in [0.3, 0.4) is 0 Å². The van der Waals surface area contributed by atoms with Gasteiger partial charge in [0.15, 0.2) is 0 Å². The Morgan fingerprint density at radius 1 is 1.36 bits per heavy atom. The van der Waals surface area contributed by atoms with Crippen molar-refractivity contribution in [3.05, 3.63) is 35.5 Å². The second kappa shape index (κ2) is 6.12. The summed E-state index contributed by atoms with van der Waals surface area (Å²) >= 11 is 0. The van der Waals surface area contributed by atoms with Gasteiger partial charge < -0.3 is 25.5 Å². The molecule has 1 saturated heterocycles. The summed E-state index contributed by atoms with van der Waals surface area (Å²) in [5.74, 6) is -0.183. The van der Waals surface area contributed by atoms with Crippen molar-refractivity contribution < 1.29 is 14.6 Å². The number of benzene rings is 1. The Balaban J connectivity index is 1.59. The summed E-state index contributed by atoms with van der Waals surface area (Å²) in [5, 5.41) is 10.8. The van der Waals surface area contributed by atoms with Gasteiger partial charge in [-0.05, 0) is 37.8 Å². The molecule has 2 atom stereocenters. The van der Waals surface area contributed by atoms with Gasteiger partial charge in [-0.1, -0.05) is 18.2 Å². The number of aromatic amines is 1. The molecule has 2 aliphatic heterocycles. The highest BCUT2D eigenvalue weighted by molar-refractivity contribution is 5.85. The third-order valence-corrected chi connectivity index (χ3v) is 5.69. The first kappa shape index (κ1) is 16.6. The Morgan fingerprint density at radius 3 is 2.80 bits per heavy atom. The molecule has 0 saturated carbocycles. The number of nitrogens with two attached hydrogens (primary N) is 1. The molecule has 4 N–H and O–H groups in total. The first-order valence-electron chi connectivity index (χ1n) is 8.98. The number of nitrogens with one attached hydrogen (secondary N) is 1. The number of fused-ring (bicyclic) bond motifs is 4. The van der Waals surface area contributed by atoms with E-state index in [1.807, 2.05) is 6.07 Å². The summed E-state index contributed by atoms with van der Waals surface area (Å²) in [6.45, 7) is 3.44. The van der Waals surface area contributed by atoms with E-state index < -0.39 is 12.1 Å². The van der Waals surface area contributed by atoms with Crippen LogP contribution in [0.2, 0.25) is 0 Å². The third-order valence-electron chi connectivity index (χ3n) is 5.69. The summed E-state index contributed by atoms with van der Waals surface area (Å²) < 4.78 is 6.25. The van der Waals surface area contributed by atoms with Crippen LogP contribution in [0.4, 0.5) is 0 Å². The first-order valence-corrected chi connectivity index (χ1v) is 8.98. The van der Waals surface area contributed by atoms with Crippen molar-refractivity contribution in [1.29, 1.82) is 0 Å². The molecule has 1 amide bonds. The number of hydrogen-bond acceptors (Lipinski definition) is 4. The van der Waals surface area contributed by atoms with Gasteiger partial charge in [-0.25, -0.2) is 0 Å². The Hall–Kier alpha value is -1.89. The van der Waals surface area contributed by atoms with Gasteiger partial charge in [0.05, 0.1) is 18.4 Å². The fourth-order valence-electron chi connectivity index (χ4n) is 4.17. The molecule has 4 rings (SSSR count). The van der Waals surface area contributed by atoms with Gasteiger partial charge in [0.25, 0.3) is 0 Å². The Bertz CT molecular complexity index is 790. The molecule has 0 aliphatic carbocycles. The minimum Gasteiger partial charge on any atom is -0.391 e. The predicted octanol–water partition coefficient (Wildman–Crippen LogP) is 1.27. The number of aliphatic hydroxyl groups is 1. The number of amides is 1. The van der Waals surface area contributed by atoms with E-state index in [1.165, 1.54) is 16.6 Å². The van der Waals surface area contributed by atoms with Crippen LogP contribution in [0.25, 0.3) is 10.9 Å². The minimum absolute atomic E-state index is 0.183. The van der Waals surface area contributed by atoms with Crippen LogP contribution in [0.1, 0.15) is 31.0 Å². The number of nitrogens with zero attached hydrogens (tertiary/aromatic N) is 1. The van der Waals surface area contributed by atoms with E-state index in [0.717, 1.165) is 24.8 Å². The van der Waals surface area contributed by atoms with Crippen molar-refractivity contribution in [2.45, 2.75) is 43.9 Å². The standard InChI is InChI=1S/C19H25N3O3/c1-12(23)16(20)18(24)22-9-7-19(8-10-22)17-14(6-11-25-19)13-4-2-3-5-15(13)21-17/h2-5,12,16,21,23H,6-11,20H2,1H3/t12-,16+/m0/s1. The average Bonchev–Trinajstić information content (AvgIpc) is 3.02. The molecular formula is C19H25N3O3. The molecule has 2 aromatic rings. The van der Waals surface area contributed by atoms with Crippen LogP contribution in [0.15, 0.2) is 24.3 Å². The number of ether oxygens (including phenoxy) is 1. The number of H-pyrrole nitrogens is 1. The van der Waals surface area contributed by atoms with Gasteiger partial charge in [0, 0.05) is 24.0 Å². The third kappa shape index (κ3) is 2.65. The van der Waals surface area contributed by atoms with Crippen LogP contribution >= 0.6 is 0 Å². The van der Waals surface area contributed by atoms with E-state index >= 15 is 0 Å². The average molecular weight is 343 g/mol. The molecule has 1 spiro atoms. The zero-order chi connectivity index (χ0) is 17.6. The zero-order valence-electron chi connectivity index (χ0n) is 14.5. The van der Waals surface area contributed by atoms with Gasteiger partial charge in [-0.15, -0.1) is 0 Å². The van der Waals surface area contributed by atoms with Crippen LogP contribution in [-0.2, 0) is 21.6 Å². The summed E-state index contributed by atoms with van der Waals surface area (Å²) in [4.78, 5) is 17.7. The highest BCUT2D eigenvalue weighted by Crippen LogP contribution is 2.43. The summed E-state index contributed by atoms with van der Waals surface area (Å²) in [6, 6.07) is 7.50. The van der Waals surface area contributed by atoms with E-state index in [1.54, 1.807) is 11.8 Å². The molecule has 0 unspecified atom stereocenters. The van der Waals surface area contributed by atoms with Gasteiger partial charge >= 0.3 is 0 Å². The van der Waals surface area contributed by atoms with E-state index in [9.17, 15) is 9.90 Å². The van der Waals surface area contributed by atoms with E-state index in [2.05, 4.69) is 23.2 Å². The predicted molar refractivity (Wildman–Crippen MR) is 95.1 cm³/mol. The maximum Gasteiger partial charge on any atom is 0.242 e. The van der Waals surface area contributed by atoms with E-state index in [0.29, 0.717) is 19.7 Å². The molecule has 6 nitrogen and oxygen atoms in total. The number of likely N-dealkylation sites (tertiary alicyclic amines) is 1. The summed E-state index contributed by atoms with van der Waals surface area (Å²) in [7, 11) is 0. The van der Waals surface area contributed by atoms with Crippen LogP contribution in [0.5, 0.6) is 0 Å². The van der Waals surface area contributed by atoms with Gasteiger partial charge in [0.1, 0.15) is 11.6 Å². The van der Waals surface area contributed by atoms with Crippen molar-refractivity contribution in [3.8, 4) is 0 Å². The largest absolute Gasteiger partial charge is 0.391 e. The molecule has 25 heavy (non-hydrogen) atoms. The molecule has 1 fully saturated rings. The summed E-state index contributed by atoms with van der Waals surface area (Å²) in [5.41, 5.74) is 9.13. The smallest absolute Gasteiger partial charge is 0.242 e. The lowest BCUT2D eigenvalue weighted by molar-refractivity contribution is -0.144. The molecule has 6 heteroatoms. The van der Waals surface area contributed by atoms with Crippen LogP contribution in [0, 0.1) is 0 Å². The number of aromatic nitrogens is 1. The Labute approximate surface area is 146 Å². The van der Waals surface area contributed by atoms with Gasteiger partial charge in [0.2, 0.25) is 5.91 Å². The molecular weight excluding hydrogens is 318 g/mol. The lowest BCUT2D eigenvalue weighted by Gasteiger charge is -2.44. The molecule has 134 valence electrons. The van der Waals surface area contributed by atoms with E-state index in [4.69, 9.17) is 10.5 Å². The number of piperidine rings is 1. The number of rotatable bonds is 2. The van der Waals surface area contributed by atoms with Crippen molar-refractivity contribution in [2.24, 2.45) is 5.73 Å². The quantitative estimate of drug-likeness (QED) is 0.766. The monoisotopic (exact) mass is 343 g/mol. The van der Waals surface area contributed by atoms with Crippen LogP contribution < -0.4 is 5.73 Å². The molecule has 2 aliphatic rings. The fraction of sp³-hybridized carbons (Fsp3) is 0.526. The fourth-order valence-corrected chi connectivity index (χ4v) is 4.17. The maximum absolute atomic E-state index is 12.4. The normalized spacial score (nSPS) is 22.0. The number of carbonyl (C=O) groups excluding carboxylic acids is 1. The lowest BCUT2D eigenvalue weighted by Crippen LogP contribution is -2.54. The first-order chi connectivity index (χ1) is 12.0. The topological polar surface area (TPSA) is 91.6 Å². The van der Waals surface area contributed by atoms with Gasteiger partial charge in [-0.3, -0.25) is 4.79 Å². The maximum atomic E-state index is 12.4.